The van der Waals surface area contributed by atoms with E-state index in [2.05, 4.69) is 4.74 Å². The van der Waals surface area contributed by atoms with Gasteiger partial charge >= 0.3 is 18.3 Å². The zero-order chi connectivity index (χ0) is 17.1. The number of carbonyl (C=O) groups is 1. The lowest BCUT2D eigenvalue weighted by atomic mass is 9.95. The molecule has 21 heavy (non-hydrogen) atoms. The maximum Gasteiger partial charge on any atom is 0.426 e. The molecule has 0 aromatic rings. The van der Waals surface area contributed by atoms with Crippen LogP contribution in [-0.4, -0.2) is 35.1 Å². The van der Waals surface area contributed by atoms with Crippen LogP contribution in [0.3, 0.4) is 0 Å². The first kappa shape index (κ1) is 20.0. The smallest absolute Gasteiger partial charge is 0.426 e. The van der Waals surface area contributed by atoms with E-state index in [-0.39, 0.29) is 0 Å². The largest absolute Gasteiger partial charge is 0.462 e. The molecule has 0 saturated heterocycles. The third-order valence-corrected chi connectivity index (χ3v) is 2.96. The van der Waals surface area contributed by atoms with Crippen LogP contribution in [0.15, 0.2) is 0 Å². The van der Waals surface area contributed by atoms with E-state index in [1.54, 1.807) is 6.92 Å². The van der Waals surface area contributed by atoms with Crippen LogP contribution in [0.4, 0.5) is 26.3 Å². The first-order chi connectivity index (χ1) is 9.26. The number of rotatable bonds is 6. The predicted molar refractivity (Wildman–Crippen MR) is 61.3 cm³/mol. The Hall–Kier alpha value is -0.990. The summed E-state index contributed by atoms with van der Waals surface area (Å²) in [5.74, 6) is -1.53. The van der Waals surface area contributed by atoms with Gasteiger partial charge in [0.05, 0.1) is 5.92 Å². The molecule has 0 aliphatic carbocycles. The van der Waals surface area contributed by atoms with E-state index in [1.807, 2.05) is 0 Å². The summed E-state index contributed by atoms with van der Waals surface area (Å²) >= 11 is 0. The van der Waals surface area contributed by atoms with Crippen molar-refractivity contribution in [1.82, 2.24) is 0 Å². The van der Waals surface area contributed by atoms with Gasteiger partial charge in [-0.25, -0.2) is 0 Å². The zero-order valence-electron chi connectivity index (χ0n) is 11.8. The van der Waals surface area contributed by atoms with Gasteiger partial charge in [-0.3, -0.25) is 4.79 Å². The molecule has 126 valence electrons. The standard InChI is InChI=1S/C12H18F6O3/c1-4-5-7(2)9(19)21-8(3)6-10(20,11(13,14)15)12(16,17)18/h7-8,20H,4-6H2,1-3H3. The lowest BCUT2D eigenvalue weighted by Crippen LogP contribution is -2.58. The van der Waals surface area contributed by atoms with Gasteiger partial charge in [-0.1, -0.05) is 20.3 Å². The second kappa shape index (κ2) is 6.85. The minimum absolute atomic E-state index is 0.397. The van der Waals surface area contributed by atoms with Crippen LogP contribution in [0.25, 0.3) is 0 Å². The van der Waals surface area contributed by atoms with Gasteiger partial charge in [0, 0.05) is 6.42 Å². The molecule has 0 amide bonds. The quantitative estimate of drug-likeness (QED) is 0.600. The van der Waals surface area contributed by atoms with E-state index in [1.165, 1.54) is 6.92 Å². The molecule has 0 rings (SSSR count). The summed E-state index contributed by atoms with van der Waals surface area (Å²) in [7, 11) is 0. The van der Waals surface area contributed by atoms with E-state index < -0.39 is 42.4 Å². The summed E-state index contributed by atoms with van der Waals surface area (Å²) in [6, 6.07) is 0. The number of alkyl halides is 6. The molecule has 0 bridgehead atoms. The Labute approximate surface area is 118 Å². The van der Waals surface area contributed by atoms with Gasteiger partial charge in [-0.05, 0) is 13.3 Å². The van der Waals surface area contributed by atoms with Crippen LogP contribution in [0.5, 0.6) is 0 Å². The Kier molecular flexibility index (Phi) is 6.52. The number of aliphatic hydroxyl groups is 1. The third-order valence-electron chi connectivity index (χ3n) is 2.96. The molecule has 0 aromatic carbocycles. The summed E-state index contributed by atoms with van der Waals surface area (Å²) in [4.78, 5) is 11.5. The molecule has 3 nitrogen and oxygen atoms in total. The Morgan fingerprint density at radius 2 is 1.52 bits per heavy atom. The minimum Gasteiger partial charge on any atom is -0.462 e. The number of halogens is 6. The summed E-state index contributed by atoms with van der Waals surface area (Å²) < 4.78 is 79.4. The molecule has 0 aliphatic heterocycles. The molecule has 9 heteroatoms. The fourth-order valence-corrected chi connectivity index (χ4v) is 1.72. The fraction of sp³-hybridized carbons (Fsp3) is 0.917. The predicted octanol–water partition coefficient (Wildman–Crippen LogP) is 3.60. The second-order valence-electron chi connectivity index (χ2n) is 5.00. The molecular formula is C12H18F6O3. The number of ether oxygens (including phenoxy) is 1. The van der Waals surface area contributed by atoms with Gasteiger partial charge in [-0.15, -0.1) is 0 Å². The van der Waals surface area contributed by atoms with Crippen LogP contribution in [0, 0.1) is 5.92 Å². The highest BCUT2D eigenvalue weighted by Gasteiger charge is 2.70. The fourth-order valence-electron chi connectivity index (χ4n) is 1.72. The number of esters is 1. The molecule has 0 aliphatic rings. The highest BCUT2D eigenvalue weighted by atomic mass is 19.4. The van der Waals surface area contributed by atoms with E-state index in [9.17, 15) is 31.1 Å². The maximum absolute atomic E-state index is 12.5. The average Bonchev–Trinajstić information content (AvgIpc) is 2.25. The Morgan fingerprint density at radius 3 is 1.86 bits per heavy atom. The average molecular weight is 324 g/mol. The van der Waals surface area contributed by atoms with Crippen molar-refractivity contribution in [2.75, 3.05) is 0 Å². The number of hydrogen-bond acceptors (Lipinski definition) is 3. The van der Waals surface area contributed by atoms with Crippen molar-refractivity contribution >= 4 is 5.97 Å². The van der Waals surface area contributed by atoms with Crippen LogP contribution in [-0.2, 0) is 9.53 Å². The third kappa shape index (κ3) is 5.05. The lowest BCUT2D eigenvalue weighted by molar-refractivity contribution is -0.373. The van der Waals surface area contributed by atoms with E-state index in [4.69, 9.17) is 5.11 Å². The Morgan fingerprint density at radius 1 is 1.10 bits per heavy atom. The van der Waals surface area contributed by atoms with Gasteiger partial charge in [0.25, 0.3) is 5.60 Å². The minimum atomic E-state index is -5.92. The van der Waals surface area contributed by atoms with Crippen molar-refractivity contribution in [3.8, 4) is 0 Å². The zero-order valence-corrected chi connectivity index (χ0v) is 11.8. The Balaban J connectivity index is 4.94. The molecule has 2 atom stereocenters. The molecule has 0 aromatic heterocycles. The van der Waals surface area contributed by atoms with Gasteiger partial charge in [-0.2, -0.15) is 26.3 Å². The monoisotopic (exact) mass is 324 g/mol. The molecule has 0 heterocycles. The summed E-state index contributed by atoms with van der Waals surface area (Å²) in [6.45, 7) is 4.09. The first-order valence-corrected chi connectivity index (χ1v) is 6.32. The van der Waals surface area contributed by atoms with Crippen molar-refractivity contribution < 1.29 is 41.0 Å². The summed E-state index contributed by atoms with van der Waals surface area (Å²) in [5, 5.41) is 8.97. The van der Waals surface area contributed by atoms with Gasteiger partial charge < -0.3 is 9.84 Å². The van der Waals surface area contributed by atoms with Crippen LogP contribution in [0.1, 0.15) is 40.0 Å². The van der Waals surface area contributed by atoms with E-state index in [0.717, 1.165) is 6.92 Å². The molecule has 1 N–H and O–H groups in total. The van der Waals surface area contributed by atoms with Crippen molar-refractivity contribution in [3.63, 3.8) is 0 Å². The van der Waals surface area contributed by atoms with Crippen molar-refractivity contribution in [1.29, 1.82) is 0 Å². The lowest BCUT2D eigenvalue weighted by Gasteiger charge is -2.34. The second-order valence-corrected chi connectivity index (χ2v) is 5.00. The molecular weight excluding hydrogens is 306 g/mol. The molecule has 0 saturated carbocycles. The highest BCUT2D eigenvalue weighted by Crippen LogP contribution is 2.46. The van der Waals surface area contributed by atoms with Crippen LogP contribution in [0.2, 0.25) is 0 Å². The highest BCUT2D eigenvalue weighted by molar-refractivity contribution is 5.72. The van der Waals surface area contributed by atoms with Crippen LogP contribution >= 0.6 is 0 Å². The molecule has 0 spiro atoms. The topological polar surface area (TPSA) is 46.5 Å². The number of hydrogen-bond donors (Lipinski definition) is 1. The van der Waals surface area contributed by atoms with Crippen molar-refractivity contribution in [2.45, 2.75) is 64.1 Å². The summed E-state index contributed by atoms with van der Waals surface area (Å²) in [6.07, 6.45) is -14.4. The van der Waals surface area contributed by atoms with Crippen LogP contribution < -0.4 is 0 Å². The number of carbonyl (C=O) groups excluding carboxylic acids is 1. The van der Waals surface area contributed by atoms with Crippen molar-refractivity contribution in [2.24, 2.45) is 5.92 Å². The molecule has 0 radical (unpaired) electrons. The van der Waals surface area contributed by atoms with E-state index in [0.29, 0.717) is 12.8 Å². The normalized spacial score (nSPS) is 16.5. The van der Waals surface area contributed by atoms with Gasteiger partial charge in [0.1, 0.15) is 6.10 Å². The molecule has 0 fully saturated rings. The Bertz CT molecular complexity index is 336. The van der Waals surface area contributed by atoms with Crippen molar-refractivity contribution in [3.05, 3.63) is 0 Å². The van der Waals surface area contributed by atoms with Gasteiger partial charge in [0.2, 0.25) is 0 Å². The van der Waals surface area contributed by atoms with Gasteiger partial charge in [0.15, 0.2) is 0 Å². The first-order valence-electron chi connectivity index (χ1n) is 6.32. The SMILES string of the molecule is CCCC(C)C(=O)OC(C)CC(O)(C(F)(F)F)C(F)(F)F. The maximum atomic E-state index is 12.5. The van der Waals surface area contributed by atoms with E-state index >= 15 is 0 Å². The molecule has 2 unspecified atom stereocenters. The summed E-state index contributed by atoms with van der Waals surface area (Å²) in [5.41, 5.74) is -4.91.